The van der Waals surface area contributed by atoms with E-state index in [0.29, 0.717) is 30.2 Å². The largest absolute Gasteiger partial charge is 0.357 e. The number of amides is 1. The van der Waals surface area contributed by atoms with Gasteiger partial charge in [-0.15, -0.1) is 0 Å². The number of hydrogen-bond donors (Lipinski definition) is 0. The number of carbonyl (C=O) groups is 2. The second kappa shape index (κ2) is 8.65. The van der Waals surface area contributed by atoms with Crippen LogP contribution >= 0.6 is 0 Å². The smallest absolute Gasteiger partial charge is 0.255 e. The highest BCUT2D eigenvalue weighted by atomic mass is 16.2. The van der Waals surface area contributed by atoms with Crippen LogP contribution in [0.4, 0.5) is 5.82 Å². The first-order chi connectivity index (χ1) is 12.5. The number of ketones is 1. The lowest BCUT2D eigenvalue weighted by molar-refractivity contribution is -0.124. The summed E-state index contributed by atoms with van der Waals surface area (Å²) >= 11 is 0. The lowest BCUT2D eigenvalue weighted by Crippen LogP contribution is -2.42. The van der Waals surface area contributed by atoms with Gasteiger partial charge >= 0.3 is 0 Å². The van der Waals surface area contributed by atoms with Gasteiger partial charge in [-0.2, -0.15) is 0 Å². The molecular weight excluding hydrogens is 326 g/mol. The molecule has 2 aliphatic heterocycles. The van der Waals surface area contributed by atoms with Gasteiger partial charge in [0.25, 0.3) is 5.91 Å². The summed E-state index contributed by atoms with van der Waals surface area (Å²) in [6.45, 7) is 7.52. The Labute approximate surface area is 156 Å². The zero-order valence-corrected chi connectivity index (χ0v) is 16.1. The molecule has 0 N–H and O–H groups in total. The molecule has 0 aromatic carbocycles. The lowest BCUT2D eigenvalue weighted by atomic mass is 9.89. The van der Waals surface area contributed by atoms with Gasteiger partial charge in [-0.05, 0) is 50.2 Å². The predicted octanol–water partition coefficient (Wildman–Crippen LogP) is 3.54. The van der Waals surface area contributed by atoms with Gasteiger partial charge in [0.1, 0.15) is 11.6 Å². The van der Waals surface area contributed by atoms with Gasteiger partial charge in [-0.25, -0.2) is 4.98 Å². The second-order valence-electron chi connectivity index (χ2n) is 8.11. The Hall–Kier alpha value is -1.91. The van der Waals surface area contributed by atoms with Gasteiger partial charge in [0.05, 0.1) is 5.56 Å². The molecule has 0 spiro atoms. The van der Waals surface area contributed by atoms with Crippen LogP contribution in [0.25, 0.3) is 0 Å². The van der Waals surface area contributed by atoms with Gasteiger partial charge in [0.15, 0.2) is 0 Å². The van der Waals surface area contributed by atoms with Crippen molar-refractivity contribution in [1.82, 2.24) is 9.88 Å². The number of piperidine rings is 2. The summed E-state index contributed by atoms with van der Waals surface area (Å²) in [5, 5.41) is 0. The molecule has 5 nitrogen and oxygen atoms in total. The summed E-state index contributed by atoms with van der Waals surface area (Å²) in [5.41, 5.74) is 0.628. The molecule has 0 aliphatic carbocycles. The van der Waals surface area contributed by atoms with Crippen LogP contribution in [0, 0.1) is 11.8 Å². The van der Waals surface area contributed by atoms with E-state index in [1.807, 2.05) is 17.0 Å². The van der Waals surface area contributed by atoms with Crippen molar-refractivity contribution in [1.29, 1.82) is 0 Å². The molecule has 3 heterocycles. The van der Waals surface area contributed by atoms with E-state index in [9.17, 15) is 9.59 Å². The highest BCUT2D eigenvalue weighted by Crippen LogP contribution is 2.23. The van der Waals surface area contributed by atoms with E-state index in [-0.39, 0.29) is 11.8 Å². The fourth-order valence-electron chi connectivity index (χ4n) is 4.00. The SMILES string of the molecule is CC(C)CC(=O)[C@@H]1CCCN(C(=O)c2ccc(N3CCCCC3)nc2)C1. The Balaban J connectivity index is 1.62. The van der Waals surface area contributed by atoms with Gasteiger partial charge in [0, 0.05) is 44.7 Å². The molecule has 0 bridgehead atoms. The third kappa shape index (κ3) is 4.63. The third-order valence-corrected chi connectivity index (χ3v) is 5.45. The molecule has 26 heavy (non-hydrogen) atoms. The molecule has 0 radical (unpaired) electrons. The first-order valence-electron chi connectivity index (χ1n) is 10.1. The van der Waals surface area contributed by atoms with Crippen LogP contribution in [0.3, 0.4) is 0 Å². The van der Waals surface area contributed by atoms with Crippen LogP contribution in [0.15, 0.2) is 18.3 Å². The summed E-state index contributed by atoms with van der Waals surface area (Å²) < 4.78 is 0. The van der Waals surface area contributed by atoms with Crippen molar-refractivity contribution in [2.45, 2.75) is 52.4 Å². The van der Waals surface area contributed by atoms with Gasteiger partial charge < -0.3 is 9.80 Å². The molecule has 1 aromatic heterocycles. The topological polar surface area (TPSA) is 53.5 Å². The number of Topliss-reactive ketones (excluding diaryl/α,β-unsaturated/α-hetero) is 1. The first kappa shape index (κ1) is 18.9. The summed E-state index contributed by atoms with van der Waals surface area (Å²) in [4.78, 5) is 33.9. The van der Waals surface area contributed by atoms with Crippen molar-refractivity contribution in [3.05, 3.63) is 23.9 Å². The highest BCUT2D eigenvalue weighted by Gasteiger charge is 2.29. The van der Waals surface area contributed by atoms with Crippen LogP contribution in [0.1, 0.15) is 62.7 Å². The van der Waals surface area contributed by atoms with E-state index in [4.69, 9.17) is 0 Å². The van der Waals surface area contributed by atoms with E-state index in [2.05, 4.69) is 23.7 Å². The van der Waals surface area contributed by atoms with Gasteiger partial charge in [-0.1, -0.05) is 13.8 Å². The Morgan fingerprint density at radius 1 is 1.12 bits per heavy atom. The molecule has 2 aliphatic rings. The van der Waals surface area contributed by atoms with Crippen molar-refractivity contribution in [2.75, 3.05) is 31.1 Å². The molecule has 1 aromatic rings. The van der Waals surface area contributed by atoms with E-state index in [1.54, 1.807) is 6.20 Å². The number of nitrogens with zero attached hydrogens (tertiary/aromatic N) is 3. The normalized spacial score (nSPS) is 21.1. The molecule has 1 amide bonds. The average Bonchev–Trinajstić information content (AvgIpc) is 2.68. The summed E-state index contributed by atoms with van der Waals surface area (Å²) in [6, 6.07) is 3.85. The molecule has 0 unspecified atom stereocenters. The van der Waals surface area contributed by atoms with E-state index in [0.717, 1.165) is 38.3 Å². The maximum absolute atomic E-state index is 12.8. The van der Waals surface area contributed by atoms with Gasteiger partial charge in [0.2, 0.25) is 0 Å². The van der Waals surface area contributed by atoms with Crippen molar-refractivity contribution < 1.29 is 9.59 Å². The molecule has 2 saturated heterocycles. The van der Waals surface area contributed by atoms with Crippen LogP contribution in [0.5, 0.6) is 0 Å². The Kier molecular flexibility index (Phi) is 6.28. The van der Waals surface area contributed by atoms with Crippen LogP contribution in [-0.4, -0.2) is 47.8 Å². The number of hydrogen-bond acceptors (Lipinski definition) is 4. The van der Waals surface area contributed by atoms with Crippen molar-refractivity contribution in [3.8, 4) is 0 Å². The molecule has 5 heteroatoms. The second-order valence-corrected chi connectivity index (χ2v) is 8.11. The molecule has 142 valence electrons. The summed E-state index contributed by atoms with van der Waals surface area (Å²) in [7, 11) is 0. The molecule has 3 rings (SSSR count). The fraction of sp³-hybridized carbons (Fsp3) is 0.667. The third-order valence-electron chi connectivity index (χ3n) is 5.45. The minimum Gasteiger partial charge on any atom is -0.357 e. The maximum atomic E-state index is 12.8. The molecule has 1 atom stereocenters. The van der Waals surface area contributed by atoms with E-state index in [1.165, 1.54) is 19.3 Å². The Morgan fingerprint density at radius 2 is 1.88 bits per heavy atom. The molecule has 0 saturated carbocycles. The Bertz CT molecular complexity index is 621. The number of carbonyl (C=O) groups excluding carboxylic acids is 2. The summed E-state index contributed by atoms with van der Waals surface area (Å²) in [5.74, 6) is 1.64. The number of anilines is 1. The fourth-order valence-corrected chi connectivity index (χ4v) is 4.00. The zero-order valence-electron chi connectivity index (χ0n) is 16.1. The van der Waals surface area contributed by atoms with Crippen molar-refractivity contribution in [2.24, 2.45) is 11.8 Å². The molecular formula is C21H31N3O2. The van der Waals surface area contributed by atoms with Crippen molar-refractivity contribution >= 4 is 17.5 Å². The van der Waals surface area contributed by atoms with E-state index >= 15 is 0 Å². The minimum absolute atomic E-state index is 0.00400. The number of pyridine rings is 1. The van der Waals surface area contributed by atoms with E-state index < -0.39 is 0 Å². The number of aromatic nitrogens is 1. The predicted molar refractivity (Wildman–Crippen MR) is 103 cm³/mol. The number of rotatable bonds is 5. The quantitative estimate of drug-likeness (QED) is 0.809. The lowest BCUT2D eigenvalue weighted by Gasteiger charge is -2.32. The van der Waals surface area contributed by atoms with Gasteiger partial charge in [-0.3, -0.25) is 9.59 Å². The van der Waals surface area contributed by atoms with Crippen LogP contribution in [0.2, 0.25) is 0 Å². The van der Waals surface area contributed by atoms with Crippen molar-refractivity contribution in [3.63, 3.8) is 0 Å². The minimum atomic E-state index is -0.00400. The maximum Gasteiger partial charge on any atom is 0.255 e. The highest BCUT2D eigenvalue weighted by molar-refractivity contribution is 5.94. The first-order valence-corrected chi connectivity index (χ1v) is 10.1. The van der Waals surface area contributed by atoms with Crippen LogP contribution < -0.4 is 4.90 Å². The van der Waals surface area contributed by atoms with Crippen LogP contribution in [-0.2, 0) is 4.79 Å². The average molecular weight is 357 g/mol. The molecule has 2 fully saturated rings. The number of likely N-dealkylation sites (tertiary alicyclic amines) is 1. The summed E-state index contributed by atoms with van der Waals surface area (Å²) in [6.07, 6.45) is 7.83. The monoisotopic (exact) mass is 357 g/mol. The zero-order chi connectivity index (χ0) is 18.5. The Morgan fingerprint density at radius 3 is 2.54 bits per heavy atom. The standard InChI is InChI=1S/C21H31N3O2/c1-16(2)13-19(25)18-7-6-12-24(15-18)21(26)17-8-9-20(22-14-17)23-10-4-3-5-11-23/h8-9,14,16,18H,3-7,10-13,15H2,1-2H3/t18-/m1/s1.